The monoisotopic (exact) mass is 897 g/mol. The third-order valence-corrected chi connectivity index (χ3v) is 24.5. The van der Waals surface area contributed by atoms with Crippen LogP contribution in [-0.2, 0) is 0 Å². The van der Waals surface area contributed by atoms with E-state index >= 15 is 0 Å². The molecule has 0 saturated carbocycles. The SMILES string of the molecule is Cc1cc(C)c(C2C=C(c3cccc4c3Oc3ccccc3[Si]4(C3=CC=CCC3)c3ccccc3)N=C(c3cccc4c3Oc3ccccc3[Si]4(c3ccccc3)c3ccccc3)C2)c(C)c1. The van der Waals surface area contributed by atoms with Gasteiger partial charge in [-0.25, -0.2) is 0 Å². The third kappa shape index (κ3) is 6.47. The molecule has 3 nitrogen and oxygen atoms in total. The van der Waals surface area contributed by atoms with E-state index in [1.54, 1.807) is 0 Å². The Hall–Kier alpha value is -7.32. The summed E-state index contributed by atoms with van der Waals surface area (Å²) in [5, 5.41) is 10.6. The number of para-hydroxylation sites is 4. The van der Waals surface area contributed by atoms with Gasteiger partial charge in [-0.15, -0.1) is 0 Å². The molecule has 0 fully saturated rings. The number of nitrogens with zero attached hydrogens (tertiary/aromatic N) is 1. The number of allylic oxidation sites excluding steroid dienone is 5. The molecule has 324 valence electrons. The van der Waals surface area contributed by atoms with Crippen LogP contribution >= 0.6 is 0 Å². The standard InChI is InChI=1S/C62H51NO2Si2/c1-42-38-43(2)60(44(3)39-42)45-40-52(50-30-20-36-58-61(50)64-54-32-16-18-34-56(54)66(58,46-22-8-4-9-23-46)47-24-10-5-11-25-47)63-53(41-45)51-31-21-37-59-62(51)65-55-33-17-19-35-57(55)67(59,48-26-12-6-13-27-48)49-28-14-7-15-29-49/h4-14,16-28,30-39,41,45H,15,29,40H2,1-3H3. The highest BCUT2D eigenvalue weighted by Crippen LogP contribution is 2.44. The smallest absolute Gasteiger partial charge is 0.188 e. The fourth-order valence-corrected chi connectivity index (χ4v) is 22.4. The van der Waals surface area contributed by atoms with Crippen LogP contribution in [0.2, 0.25) is 0 Å². The van der Waals surface area contributed by atoms with Crippen LogP contribution in [0, 0.1) is 20.8 Å². The maximum absolute atomic E-state index is 7.29. The van der Waals surface area contributed by atoms with Crippen LogP contribution < -0.4 is 45.8 Å². The molecule has 8 aromatic rings. The molecule has 0 bridgehead atoms. The second-order valence-corrected chi connectivity index (χ2v) is 26.1. The van der Waals surface area contributed by atoms with Crippen LogP contribution in [0.1, 0.15) is 58.6 Å². The summed E-state index contributed by atoms with van der Waals surface area (Å²) < 4.78 is 14.6. The van der Waals surface area contributed by atoms with E-state index in [1.807, 2.05) is 0 Å². The Morgan fingerprint density at radius 2 is 1.00 bits per heavy atom. The van der Waals surface area contributed by atoms with Gasteiger partial charge in [-0.3, -0.25) is 4.99 Å². The van der Waals surface area contributed by atoms with Crippen LogP contribution in [0.25, 0.3) is 5.70 Å². The second-order valence-electron chi connectivity index (χ2n) is 18.6. The Kier molecular flexibility index (Phi) is 10.2. The van der Waals surface area contributed by atoms with Gasteiger partial charge in [0.2, 0.25) is 0 Å². The predicted octanol–water partition coefficient (Wildman–Crippen LogP) is 10.5. The summed E-state index contributed by atoms with van der Waals surface area (Å²) in [5.41, 5.74) is 9.23. The molecule has 2 atom stereocenters. The van der Waals surface area contributed by atoms with Gasteiger partial charge in [-0.05, 0) is 111 Å². The lowest BCUT2D eigenvalue weighted by atomic mass is 9.82. The summed E-state index contributed by atoms with van der Waals surface area (Å²) in [6.07, 6.45) is 12.2. The lowest BCUT2D eigenvalue weighted by molar-refractivity contribution is 0.485. The van der Waals surface area contributed by atoms with Gasteiger partial charge in [0, 0.05) is 23.5 Å². The quantitative estimate of drug-likeness (QED) is 0.149. The molecule has 2 unspecified atom stereocenters. The van der Waals surface area contributed by atoms with Crippen molar-refractivity contribution in [2.75, 3.05) is 0 Å². The van der Waals surface area contributed by atoms with Crippen molar-refractivity contribution in [3.05, 3.63) is 251 Å². The van der Waals surface area contributed by atoms with Gasteiger partial charge in [0.25, 0.3) is 0 Å². The van der Waals surface area contributed by atoms with Crippen molar-refractivity contribution in [3.8, 4) is 23.0 Å². The van der Waals surface area contributed by atoms with Crippen LogP contribution in [0.15, 0.2) is 223 Å². The first-order chi connectivity index (χ1) is 33.0. The minimum atomic E-state index is -2.90. The van der Waals surface area contributed by atoms with Crippen molar-refractivity contribution in [1.29, 1.82) is 0 Å². The van der Waals surface area contributed by atoms with Gasteiger partial charge in [-0.1, -0.05) is 199 Å². The van der Waals surface area contributed by atoms with Gasteiger partial charge in [0.05, 0.1) is 11.4 Å². The number of hydrogen-bond donors (Lipinski definition) is 0. The predicted molar refractivity (Wildman–Crippen MR) is 283 cm³/mol. The zero-order valence-corrected chi connectivity index (χ0v) is 40.2. The number of rotatable bonds is 7. The summed E-state index contributed by atoms with van der Waals surface area (Å²) in [7, 11) is -5.72. The molecule has 3 aliphatic heterocycles. The zero-order chi connectivity index (χ0) is 45.1. The Morgan fingerprint density at radius 1 is 0.507 bits per heavy atom. The highest BCUT2D eigenvalue weighted by molar-refractivity contribution is 7.21. The van der Waals surface area contributed by atoms with E-state index in [9.17, 15) is 0 Å². The topological polar surface area (TPSA) is 30.8 Å². The van der Waals surface area contributed by atoms with Crippen LogP contribution in [-0.4, -0.2) is 21.9 Å². The molecule has 1 aliphatic carbocycles. The summed E-state index contributed by atoms with van der Waals surface area (Å²) in [6, 6.07) is 69.4. The van der Waals surface area contributed by atoms with Crippen LogP contribution in [0.4, 0.5) is 0 Å². The molecule has 12 rings (SSSR count). The van der Waals surface area contributed by atoms with E-state index in [4.69, 9.17) is 14.5 Å². The van der Waals surface area contributed by atoms with Gasteiger partial charge in [0.15, 0.2) is 16.1 Å². The maximum Gasteiger partial charge on any atom is 0.188 e. The molecule has 0 aromatic heterocycles. The lowest BCUT2D eigenvalue weighted by Crippen LogP contribution is -2.76. The van der Waals surface area contributed by atoms with E-state index < -0.39 is 16.1 Å². The highest BCUT2D eigenvalue weighted by Gasteiger charge is 2.51. The number of hydrogen-bond acceptors (Lipinski definition) is 3. The van der Waals surface area contributed by atoms with E-state index in [1.165, 1.54) is 63.8 Å². The van der Waals surface area contributed by atoms with Crippen molar-refractivity contribution in [2.24, 2.45) is 4.99 Å². The molecule has 0 amide bonds. The Morgan fingerprint density at radius 3 is 1.58 bits per heavy atom. The van der Waals surface area contributed by atoms with Crippen LogP contribution in [0.3, 0.4) is 0 Å². The van der Waals surface area contributed by atoms with Crippen molar-refractivity contribution >= 4 is 63.9 Å². The van der Waals surface area contributed by atoms with Gasteiger partial charge in [-0.2, -0.15) is 0 Å². The molecule has 8 aromatic carbocycles. The first kappa shape index (κ1) is 41.1. The zero-order valence-electron chi connectivity index (χ0n) is 38.2. The van der Waals surface area contributed by atoms with Crippen molar-refractivity contribution in [1.82, 2.24) is 0 Å². The number of fused-ring (bicyclic) bond motifs is 4. The van der Waals surface area contributed by atoms with Crippen molar-refractivity contribution in [2.45, 2.75) is 46.0 Å². The molecule has 4 aliphatic rings. The third-order valence-electron chi connectivity index (χ3n) is 14.7. The Labute approximate surface area is 396 Å². The fraction of sp³-hybridized carbons (Fsp3) is 0.113. The number of aryl methyl sites for hydroxylation is 3. The number of benzene rings is 8. The van der Waals surface area contributed by atoms with E-state index in [2.05, 4.69) is 233 Å². The van der Waals surface area contributed by atoms with E-state index in [0.29, 0.717) is 0 Å². The molecular formula is C62H51NO2Si2. The molecule has 0 N–H and O–H groups in total. The van der Waals surface area contributed by atoms with E-state index in [-0.39, 0.29) is 5.92 Å². The van der Waals surface area contributed by atoms with Crippen molar-refractivity contribution in [3.63, 3.8) is 0 Å². The summed E-state index contributed by atoms with van der Waals surface area (Å²) in [4.78, 5) is 5.85. The van der Waals surface area contributed by atoms with Crippen molar-refractivity contribution < 1.29 is 9.47 Å². The minimum Gasteiger partial charge on any atom is -0.457 e. The second kappa shape index (κ2) is 16.5. The van der Waals surface area contributed by atoms with Gasteiger partial charge in [0.1, 0.15) is 23.0 Å². The summed E-state index contributed by atoms with van der Waals surface area (Å²) >= 11 is 0. The minimum absolute atomic E-state index is 0.0501. The molecule has 3 heterocycles. The highest BCUT2D eigenvalue weighted by atomic mass is 28.3. The largest absolute Gasteiger partial charge is 0.457 e. The van der Waals surface area contributed by atoms with Crippen LogP contribution in [0.5, 0.6) is 23.0 Å². The fourth-order valence-electron chi connectivity index (χ4n) is 12.1. The normalized spacial score (nSPS) is 18.7. The molecule has 5 heteroatoms. The lowest BCUT2D eigenvalue weighted by Gasteiger charge is -2.42. The molecule has 67 heavy (non-hydrogen) atoms. The molecule has 0 radical (unpaired) electrons. The number of ether oxygens (including phenoxy) is 2. The van der Waals surface area contributed by atoms with E-state index in [0.717, 1.165) is 64.8 Å². The first-order valence-corrected chi connectivity index (χ1v) is 27.7. The Balaban J connectivity index is 1.12. The van der Waals surface area contributed by atoms with Gasteiger partial charge >= 0.3 is 0 Å². The summed E-state index contributed by atoms with van der Waals surface area (Å²) in [6.45, 7) is 6.75. The first-order valence-electron chi connectivity index (χ1n) is 23.7. The average Bonchev–Trinajstić information content (AvgIpc) is 3.37. The molecular weight excluding hydrogens is 847 g/mol. The Bertz CT molecular complexity index is 3310. The summed E-state index contributed by atoms with van der Waals surface area (Å²) in [5.74, 6) is 3.72. The van der Waals surface area contributed by atoms with Gasteiger partial charge < -0.3 is 9.47 Å². The average molecular weight is 898 g/mol. The molecule has 0 spiro atoms. The molecule has 0 saturated heterocycles. The number of aliphatic imine (C=N–C) groups is 1. The maximum atomic E-state index is 7.29.